The molecule has 0 aliphatic heterocycles. The number of amides is 1. The Balaban J connectivity index is 1.56. The molecule has 1 aromatic heterocycles. The van der Waals surface area contributed by atoms with Gasteiger partial charge >= 0.3 is 0 Å². The molecule has 0 aliphatic rings. The molecule has 4 aromatic rings. The molecule has 0 bridgehead atoms. The number of furan rings is 1. The van der Waals surface area contributed by atoms with Crippen LogP contribution in [-0.4, -0.2) is 5.91 Å². The molecule has 0 atom stereocenters. The first-order chi connectivity index (χ1) is 12.2. The highest BCUT2D eigenvalue weighted by molar-refractivity contribution is 6.30. The van der Waals surface area contributed by atoms with Crippen LogP contribution in [0.5, 0.6) is 0 Å². The van der Waals surface area contributed by atoms with Gasteiger partial charge in [0.05, 0.1) is 0 Å². The molecule has 0 saturated carbocycles. The van der Waals surface area contributed by atoms with Crippen molar-refractivity contribution in [1.82, 2.24) is 0 Å². The molecule has 25 heavy (non-hydrogen) atoms. The Morgan fingerprint density at radius 2 is 1.68 bits per heavy atom. The fraction of sp³-hybridized carbons (Fsp3) is 0. The van der Waals surface area contributed by atoms with Crippen molar-refractivity contribution in [3.63, 3.8) is 0 Å². The van der Waals surface area contributed by atoms with Crippen LogP contribution in [-0.2, 0) is 0 Å². The van der Waals surface area contributed by atoms with E-state index in [1.807, 2.05) is 54.6 Å². The minimum absolute atomic E-state index is 0.253. The standard InChI is InChI=1S/C21H14ClNO2/c22-17-7-3-6-16(12-17)19-10-11-20(25-19)21(24)23-18-9-8-14-4-1-2-5-15(14)13-18/h1-13H,(H,23,24). The van der Waals surface area contributed by atoms with E-state index in [1.165, 1.54) is 0 Å². The molecule has 0 saturated heterocycles. The van der Waals surface area contributed by atoms with Crippen LogP contribution in [0.25, 0.3) is 22.1 Å². The Labute approximate surface area is 149 Å². The van der Waals surface area contributed by atoms with Gasteiger partial charge in [-0.05, 0) is 47.2 Å². The molecule has 0 unspecified atom stereocenters. The molecular formula is C21H14ClNO2. The van der Waals surface area contributed by atoms with Crippen molar-refractivity contribution < 1.29 is 9.21 Å². The molecule has 3 aromatic carbocycles. The summed E-state index contributed by atoms with van der Waals surface area (Å²) in [7, 11) is 0. The van der Waals surface area contributed by atoms with Gasteiger partial charge < -0.3 is 9.73 Å². The molecule has 1 N–H and O–H groups in total. The Bertz CT molecular complexity index is 1070. The third-order valence-corrected chi connectivity index (χ3v) is 4.18. The van der Waals surface area contributed by atoms with Crippen LogP contribution < -0.4 is 5.32 Å². The van der Waals surface area contributed by atoms with Crippen LogP contribution in [0.4, 0.5) is 5.69 Å². The molecule has 4 rings (SSSR count). The summed E-state index contributed by atoms with van der Waals surface area (Å²) in [4.78, 5) is 12.4. The summed E-state index contributed by atoms with van der Waals surface area (Å²) in [6, 6.07) is 24.5. The summed E-state index contributed by atoms with van der Waals surface area (Å²) in [5.41, 5.74) is 1.56. The number of halogens is 1. The van der Waals surface area contributed by atoms with Crippen molar-refractivity contribution in [1.29, 1.82) is 0 Å². The average Bonchev–Trinajstić information content (AvgIpc) is 3.12. The molecule has 0 radical (unpaired) electrons. The highest BCUT2D eigenvalue weighted by Crippen LogP contribution is 2.25. The number of hydrogen-bond donors (Lipinski definition) is 1. The van der Waals surface area contributed by atoms with Crippen molar-refractivity contribution in [2.45, 2.75) is 0 Å². The van der Waals surface area contributed by atoms with Crippen LogP contribution in [0.15, 0.2) is 83.3 Å². The maximum absolute atomic E-state index is 12.4. The first-order valence-corrected chi connectivity index (χ1v) is 8.23. The maximum Gasteiger partial charge on any atom is 0.291 e. The lowest BCUT2D eigenvalue weighted by Gasteiger charge is -2.05. The minimum atomic E-state index is -0.288. The lowest BCUT2D eigenvalue weighted by atomic mass is 10.1. The van der Waals surface area contributed by atoms with Gasteiger partial charge in [0.2, 0.25) is 0 Å². The topological polar surface area (TPSA) is 42.2 Å². The second-order valence-corrected chi connectivity index (χ2v) is 6.13. The smallest absolute Gasteiger partial charge is 0.291 e. The number of nitrogens with one attached hydrogen (secondary N) is 1. The van der Waals surface area contributed by atoms with Gasteiger partial charge in [-0.15, -0.1) is 0 Å². The number of benzene rings is 3. The summed E-state index contributed by atoms with van der Waals surface area (Å²) in [6.07, 6.45) is 0. The van der Waals surface area contributed by atoms with E-state index in [0.29, 0.717) is 10.8 Å². The van der Waals surface area contributed by atoms with Crippen molar-refractivity contribution in [3.05, 3.63) is 89.6 Å². The van der Waals surface area contributed by atoms with Crippen LogP contribution in [0, 0.1) is 0 Å². The van der Waals surface area contributed by atoms with E-state index >= 15 is 0 Å². The van der Waals surface area contributed by atoms with Gasteiger partial charge in [0.1, 0.15) is 5.76 Å². The van der Waals surface area contributed by atoms with Crippen molar-refractivity contribution in [2.75, 3.05) is 5.32 Å². The van der Waals surface area contributed by atoms with E-state index < -0.39 is 0 Å². The Morgan fingerprint density at radius 1 is 0.840 bits per heavy atom. The molecule has 0 spiro atoms. The highest BCUT2D eigenvalue weighted by Gasteiger charge is 2.13. The first kappa shape index (κ1) is 15.5. The lowest BCUT2D eigenvalue weighted by molar-refractivity contribution is 0.0997. The van der Waals surface area contributed by atoms with E-state index in [-0.39, 0.29) is 11.7 Å². The van der Waals surface area contributed by atoms with E-state index in [9.17, 15) is 4.79 Å². The van der Waals surface area contributed by atoms with Crippen LogP contribution >= 0.6 is 11.6 Å². The second kappa shape index (κ2) is 6.46. The number of carbonyl (C=O) groups excluding carboxylic acids is 1. The molecule has 0 aliphatic carbocycles. The van der Waals surface area contributed by atoms with E-state index in [0.717, 1.165) is 22.0 Å². The van der Waals surface area contributed by atoms with Gasteiger partial charge in [0.15, 0.2) is 5.76 Å². The van der Waals surface area contributed by atoms with E-state index in [4.69, 9.17) is 16.0 Å². The van der Waals surface area contributed by atoms with Gasteiger partial charge in [0.25, 0.3) is 5.91 Å². The van der Waals surface area contributed by atoms with Crippen LogP contribution in [0.3, 0.4) is 0 Å². The van der Waals surface area contributed by atoms with Crippen molar-refractivity contribution in [2.24, 2.45) is 0 Å². The minimum Gasteiger partial charge on any atom is -0.451 e. The zero-order chi connectivity index (χ0) is 17.2. The number of hydrogen-bond acceptors (Lipinski definition) is 2. The number of rotatable bonds is 3. The molecule has 122 valence electrons. The summed E-state index contributed by atoms with van der Waals surface area (Å²) >= 11 is 6.00. The normalized spacial score (nSPS) is 10.8. The van der Waals surface area contributed by atoms with Gasteiger partial charge in [-0.25, -0.2) is 0 Å². The monoisotopic (exact) mass is 347 g/mol. The molecular weight excluding hydrogens is 334 g/mol. The van der Waals surface area contributed by atoms with Gasteiger partial charge in [-0.3, -0.25) is 4.79 Å². The highest BCUT2D eigenvalue weighted by atomic mass is 35.5. The van der Waals surface area contributed by atoms with Crippen LogP contribution in [0.1, 0.15) is 10.6 Å². The van der Waals surface area contributed by atoms with E-state index in [2.05, 4.69) is 5.32 Å². The summed E-state index contributed by atoms with van der Waals surface area (Å²) < 4.78 is 5.68. The number of fused-ring (bicyclic) bond motifs is 1. The molecule has 0 fully saturated rings. The predicted molar refractivity (Wildman–Crippen MR) is 101 cm³/mol. The fourth-order valence-electron chi connectivity index (χ4n) is 2.72. The zero-order valence-electron chi connectivity index (χ0n) is 13.2. The SMILES string of the molecule is O=C(Nc1ccc2ccccc2c1)c1ccc(-c2cccc(Cl)c2)o1. The first-order valence-electron chi connectivity index (χ1n) is 7.85. The van der Waals surface area contributed by atoms with Crippen LogP contribution in [0.2, 0.25) is 5.02 Å². The zero-order valence-corrected chi connectivity index (χ0v) is 14.0. The Morgan fingerprint density at radius 3 is 2.52 bits per heavy atom. The molecule has 4 heteroatoms. The number of anilines is 1. The third kappa shape index (κ3) is 3.28. The predicted octanol–water partition coefficient (Wildman–Crippen LogP) is 6.01. The number of carbonyl (C=O) groups is 1. The Kier molecular flexibility index (Phi) is 4.00. The average molecular weight is 348 g/mol. The lowest BCUT2D eigenvalue weighted by Crippen LogP contribution is -2.10. The molecule has 1 amide bonds. The summed E-state index contributed by atoms with van der Waals surface area (Å²) in [6.45, 7) is 0. The summed E-state index contributed by atoms with van der Waals surface area (Å²) in [5, 5.41) is 5.68. The van der Waals surface area contributed by atoms with Gasteiger partial charge in [0, 0.05) is 16.3 Å². The fourth-order valence-corrected chi connectivity index (χ4v) is 2.91. The van der Waals surface area contributed by atoms with Crippen molar-refractivity contribution in [3.8, 4) is 11.3 Å². The largest absolute Gasteiger partial charge is 0.451 e. The third-order valence-electron chi connectivity index (χ3n) is 3.95. The summed E-state index contributed by atoms with van der Waals surface area (Å²) in [5.74, 6) is 0.567. The van der Waals surface area contributed by atoms with Gasteiger partial charge in [-0.1, -0.05) is 54.1 Å². The quantitative estimate of drug-likeness (QED) is 0.493. The molecule has 1 heterocycles. The van der Waals surface area contributed by atoms with E-state index in [1.54, 1.807) is 24.3 Å². The Hall–Kier alpha value is -3.04. The second-order valence-electron chi connectivity index (χ2n) is 5.69. The maximum atomic E-state index is 12.4. The molecule has 3 nitrogen and oxygen atoms in total. The van der Waals surface area contributed by atoms with Gasteiger partial charge in [-0.2, -0.15) is 0 Å². The van der Waals surface area contributed by atoms with Crippen molar-refractivity contribution >= 4 is 34.0 Å².